The average Bonchev–Trinajstić information content (AvgIpc) is 2.31. The van der Waals surface area contributed by atoms with Gasteiger partial charge in [-0.25, -0.2) is 4.79 Å². The number of aliphatic hydroxyl groups excluding tert-OH is 2. The molecule has 0 bridgehead atoms. The zero-order chi connectivity index (χ0) is 13.1. The summed E-state index contributed by atoms with van der Waals surface area (Å²) in [7, 11) is 3.25. The number of benzene rings is 1. The zero-order valence-corrected chi connectivity index (χ0v) is 10.00. The van der Waals surface area contributed by atoms with Crippen LogP contribution in [-0.4, -0.2) is 43.3 Å². The molecule has 0 aliphatic heterocycles. The van der Waals surface area contributed by atoms with E-state index in [-0.39, 0.29) is 13.0 Å². The van der Waals surface area contributed by atoms with Crippen LogP contribution >= 0.6 is 0 Å². The molecule has 5 heteroatoms. The number of rotatable bonds is 4. The fourth-order valence-electron chi connectivity index (χ4n) is 0.935. The number of carbonyl (C=O) groups is 1. The summed E-state index contributed by atoms with van der Waals surface area (Å²) in [4.78, 5) is 11.3. The molecule has 0 spiro atoms. The molecule has 96 valence electrons. The predicted octanol–water partition coefficient (Wildman–Crippen LogP) is 0.807. The van der Waals surface area contributed by atoms with Crippen LogP contribution in [0.2, 0.25) is 0 Å². The number of methoxy groups -OCH3 is 1. The Labute approximate surface area is 101 Å². The number of hydrogen-bond donors (Lipinski definition) is 2. The van der Waals surface area contributed by atoms with Crippen molar-refractivity contribution in [3.05, 3.63) is 35.9 Å². The molecule has 0 heterocycles. The number of carbonyl (C=O) groups excluding carboxylic acids is 1. The van der Waals surface area contributed by atoms with Gasteiger partial charge in [0.15, 0.2) is 0 Å². The van der Waals surface area contributed by atoms with Gasteiger partial charge in [-0.1, -0.05) is 18.2 Å². The van der Waals surface area contributed by atoms with E-state index in [1.54, 1.807) is 44.6 Å². The van der Waals surface area contributed by atoms with Crippen LogP contribution in [0.1, 0.15) is 16.8 Å². The van der Waals surface area contributed by atoms with Crippen molar-refractivity contribution in [1.29, 1.82) is 0 Å². The molecule has 1 atom stereocenters. The van der Waals surface area contributed by atoms with Crippen LogP contribution in [0.5, 0.6) is 0 Å². The summed E-state index contributed by atoms with van der Waals surface area (Å²) < 4.78 is 8.88. The van der Waals surface area contributed by atoms with Crippen molar-refractivity contribution in [3.63, 3.8) is 0 Å². The highest BCUT2D eigenvalue weighted by molar-refractivity contribution is 5.89. The second kappa shape index (κ2) is 9.77. The van der Waals surface area contributed by atoms with Gasteiger partial charge >= 0.3 is 5.97 Å². The third kappa shape index (κ3) is 7.46. The standard InChI is InChI=1S/C10H12O4.C2H6O/c11-7-6-9(12)14-10(13)8-4-2-1-3-5-8;1-3-2/h1-5,9,11-12H,6-7H2;1-2H3. The molecule has 0 saturated heterocycles. The Morgan fingerprint density at radius 3 is 2.29 bits per heavy atom. The molecule has 1 aromatic rings. The lowest BCUT2D eigenvalue weighted by Crippen LogP contribution is -2.18. The largest absolute Gasteiger partial charge is 0.432 e. The first-order valence-electron chi connectivity index (χ1n) is 5.10. The van der Waals surface area contributed by atoms with Crippen LogP contribution in [0.3, 0.4) is 0 Å². The van der Waals surface area contributed by atoms with Crippen LogP contribution in [0.15, 0.2) is 30.3 Å². The molecule has 0 saturated carbocycles. The molecule has 0 amide bonds. The van der Waals surface area contributed by atoms with Crippen LogP contribution in [0.25, 0.3) is 0 Å². The summed E-state index contributed by atoms with van der Waals surface area (Å²) in [6.07, 6.45) is -1.22. The van der Waals surface area contributed by atoms with Gasteiger partial charge in [0.1, 0.15) is 0 Å². The van der Waals surface area contributed by atoms with Crippen molar-refractivity contribution >= 4 is 5.97 Å². The summed E-state index contributed by atoms with van der Waals surface area (Å²) in [5, 5.41) is 17.5. The zero-order valence-electron chi connectivity index (χ0n) is 10.00. The smallest absolute Gasteiger partial charge is 0.340 e. The van der Waals surface area contributed by atoms with E-state index in [1.165, 1.54) is 0 Å². The monoisotopic (exact) mass is 242 g/mol. The highest BCUT2D eigenvalue weighted by Crippen LogP contribution is 2.04. The normalized spacial score (nSPS) is 11.1. The van der Waals surface area contributed by atoms with Crippen molar-refractivity contribution in [2.24, 2.45) is 0 Å². The minimum Gasteiger partial charge on any atom is -0.432 e. The van der Waals surface area contributed by atoms with Crippen molar-refractivity contribution in [2.45, 2.75) is 12.7 Å². The molecule has 0 aliphatic rings. The van der Waals surface area contributed by atoms with Crippen LogP contribution in [0.4, 0.5) is 0 Å². The number of hydrogen-bond acceptors (Lipinski definition) is 5. The van der Waals surface area contributed by atoms with Gasteiger partial charge in [-0.15, -0.1) is 0 Å². The third-order valence-corrected chi connectivity index (χ3v) is 1.63. The maximum Gasteiger partial charge on any atom is 0.340 e. The van der Waals surface area contributed by atoms with Gasteiger partial charge in [0.25, 0.3) is 0 Å². The lowest BCUT2D eigenvalue weighted by atomic mass is 10.2. The number of ether oxygens (including phenoxy) is 2. The van der Waals surface area contributed by atoms with Crippen LogP contribution < -0.4 is 0 Å². The molecule has 1 unspecified atom stereocenters. The third-order valence-electron chi connectivity index (χ3n) is 1.63. The SMILES string of the molecule is COC.O=C(OC(O)CCO)c1ccccc1. The van der Waals surface area contributed by atoms with E-state index in [9.17, 15) is 4.79 Å². The maximum absolute atomic E-state index is 11.3. The number of aliphatic hydroxyl groups is 2. The van der Waals surface area contributed by atoms with E-state index in [2.05, 4.69) is 9.47 Å². The summed E-state index contributed by atoms with van der Waals surface area (Å²) in [6.45, 7) is -0.219. The van der Waals surface area contributed by atoms with E-state index in [4.69, 9.17) is 10.2 Å². The molecule has 0 aromatic heterocycles. The van der Waals surface area contributed by atoms with Crippen molar-refractivity contribution in [2.75, 3.05) is 20.8 Å². The first-order valence-corrected chi connectivity index (χ1v) is 5.10. The fraction of sp³-hybridized carbons (Fsp3) is 0.417. The van der Waals surface area contributed by atoms with Crippen LogP contribution in [-0.2, 0) is 9.47 Å². The van der Waals surface area contributed by atoms with Crippen LogP contribution in [0, 0.1) is 0 Å². The second-order valence-corrected chi connectivity index (χ2v) is 3.15. The van der Waals surface area contributed by atoms with Gasteiger partial charge in [0.2, 0.25) is 6.29 Å². The van der Waals surface area contributed by atoms with E-state index in [0.29, 0.717) is 5.56 Å². The molecule has 5 nitrogen and oxygen atoms in total. The molecule has 17 heavy (non-hydrogen) atoms. The summed E-state index contributed by atoms with van der Waals surface area (Å²) >= 11 is 0. The molecular weight excluding hydrogens is 224 g/mol. The molecule has 0 aliphatic carbocycles. The Balaban J connectivity index is 0.000000770. The highest BCUT2D eigenvalue weighted by Gasteiger charge is 2.11. The van der Waals surface area contributed by atoms with Gasteiger partial charge < -0.3 is 19.7 Å². The highest BCUT2D eigenvalue weighted by atomic mass is 16.6. The molecule has 1 aromatic carbocycles. The van der Waals surface area contributed by atoms with E-state index >= 15 is 0 Å². The van der Waals surface area contributed by atoms with Crippen molar-refractivity contribution in [3.8, 4) is 0 Å². The Hall–Kier alpha value is -1.43. The average molecular weight is 242 g/mol. The summed E-state index contributed by atoms with van der Waals surface area (Å²) in [5.41, 5.74) is 0.379. The fourth-order valence-corrected chi connectivity index (χ4v) is 0.935. The molecule has 0 fully saturated rings. The lowest BCUT2D eigenvalue weighted by molar-refractivity contribution is -0.0743. The minimum atomic E-state index is -1.24. The predicted molar refractivity (Wildman–Crippen MR) is 62.5 cm³/mol. The topological polar surface area (TPSA) is 76.0 Å². The molecule has 1 rings (SSSR count). The quantitative estimate of drug-likeness (QED) is 0.603. The van der Waals surface area contributed by atoms with Gasteiger partial charge in [-0.05, 0) is 12.1 Å². The van der Waals surface area contributed by atoms with E-state index in [0.717, 1.165) is 0 Å². The van der Waals surface area contributed by atoms with Crippen molar-refractivity contribution < 1.29 is 24.5 Å². The van der Waals surface area contributed by atoms with Gasteiger partial charge in [0, 0.05) is 27.2 Å². The minimum absolute atomic E-state index is 0.0264. The maximum atomic E-state index is 11.3. The molecule has 0 radical (unpaired) electrons. The Bertz CT molecular complexity index is 299. The second-order valence-electron chi connectivity index (χ2n) is 3.15. The van der Waals surface area contributed by atoms with Gasteiger partial charge in [-0.3, -0.25) is 0 Å². The summed E-state index contributed by atoms with van der Waals surface area (Å²) in [6, 6.07) is 8.37. The Kier molecular flexibility index (Phi) is 8.95. The summed E-state index contributed by atoms with van der Waals surface area (Å²) in [5.74, 6) is -0.591. The lowest BCUT2D eigenvalue weighted by Gasteiger charge is -2.10. The first kappa shape index (κ1) is 15.6. The Morgan fingerprint density at radius 2 is 1.82 bits per heavy atom. The Morgan fingerprint density at radius 1 is 1.29 bits per heavy atom. The molecule has 2 N–H and O–H groups in total. The van der Waals surface area contributed by atoms with Crippen molar-refractivity contribution in [1.82, 2.24) is 0 Å². The van der Waals surface area contributed by atoms with Gasteiger partial charge in [0.05, 0.1) is 5.56 Å². The number of esters is 1. The van der Waals surface area contributed by atoms with Gasteiger partial charge in [-0.2, -0.15) is 0 Å². The van der Waals surface area contributed by atoms with E-state index < -0.39 is 12.3 Å². The van der Waals surface area contributed by atoms with E-state index in [1.807, 2.05) is 0 Å². The molecular formula is C12H18O5. The first-order chi connectivity index (χ1) is 8.15.